The highest BCUT2D eigenvalue weighted by atomic mass is 32.2. The second-order valence-corrected chi connectivity index (χ2v) is 9.73. The smallest absolute Gasteiger partial charge is 0.242 e. The maximum absolute atomic E-state index is 12.9. The Balaban J connectivity index is 1.63. The Morgan fingerprint density at radius 2 is 2.00 bits per heavy atom. The maximum Gasteiger partial charge on any atom is 0.242 e. The number of hydrogen-bond acceptors (Lipinski definition) is 4. The van der Waals surface area contributed by atoms with Gasteiger partial charge in [0.1, 0.15) is 18.1 Å². The fourth-order valence-electron chi connectivity index (χ4n) is 3.89. The highest BCUT2D eigenvalue weighted by molar-refractivity contribution is 7.89. The van der Waals surface area contributed by atoms with Gasteiger partial charge < -0.3 is 9.47 Å². The number of para-hydroxylation sites is 2. The first-order valence-corrected chi connectivity index (χ1v) is 10.8. The molecule has 2 aromatic rings. The molecule has 1 aliphatic heterocycles. The Hall–Kier alpha value is -1.89. The van der Waals surface area contributed by atoms with Crippen LogP contribution in [0.15, 0.2) is 24.3 Å². The minimum atomic E-state index is -3.22. The van der Waals surface area contributed by atoms with Gasteiger partial charge in [0, 0.05) is 19.3 Å². The number of fused-ring (bicyclic) bond motifs is 1. The molecular weight excluding hydrogens is 338 g/mol. The number of nitrogens with zero attached hydrogens (tertiary/aromatic N) is 3. The molecule has 0 atom stereocenters. The molecule has 0 bridgehead atoms. The molecule has 134 valence electrons. The third kappa shape index (κ3) is 3.42. The van der Waals surface area contributed by atoms with Gasteiger partial charge in [-0.15, -0.1) is 0 Å². The van der Waals surface area contributed by atoms with Gasteiger partial charge in [0.15, 0.2) is 9.84 Å². The van der Waals surface area contributed by atoms with Crippen LogP contribution in [0, 0.1) is 5.41 Å². The average molecular weight is 361 g/mol. The van der Waals surface area contributed by atoms with Gasteiger partial charge in [0.25, 0.3) is 0 Å². The fraction of sp³-hybridized carbons (Fsp3) is 0.556. The van der Waals surface area contributed by atoms with E-state index in [2.05, 4.69) is 4.98 Å². The zero-order valence-electron chi connectivity index (χ0n) is 14.4. The van der Waals surface area contributed by atoms with Crippen LogP contribution in [0.4, 0.5) is 0 Å². The number of rotatable bonds is 4. The van der Waals surface area contributed by atoms with E-state index in [0.29, 0.717) is 11.2 Å². The van der Waals surface area contributed by atoms with Gasteiger partial charge in [-0.2, -0.15) is 0 Å². The molecule has 6 nitrogen and oxygen atoms in total. The van der Waals surface area contributed by atoms with Crippen molar-refractivity contribution in [2.24, 2.45) is 5.41 Å². The van der Waals surface area contributed by atoms with Crippen molar-refractivity contribution in [2.75, 3.05) is 19.3 Å². The fourth-order valence-corrected chi connectivity index (χ4v) is 4.58. The summed E-state index contributed by atoms with van der Waals surface area (Å²) in [5, 5.41) is 0. The third-order valence-electron chi connectivity index (χ3n) is 5.39. The largest absolute Gasteiger partial charge is 0.341 e. The molecule has 0 N–H and O–H groups in total. The third-order valence-corrected chi connectivity index (χ3v) is 6.17. The second-order valence-electron chi connectivity index (χ2n) is 7.59. The van der Waals surface area contributed by atoms with Crippen molar-refractivity contribution in [1.29, 1.82) is 0 Å². The first-order valence-electron chi connectivity index (χ1n) is 8.75. The topological polar surface area (TPSA) is 72.3 Å². The van der Waals surface area contributed by atoms with Gasteiger partial charge in [0.2, 0.25) is 5.91 Å². The summed E-state index contributed by atoms with van der Waals surface area (Å²) in [5.74, 6) is 0.345. The van der Waals surface area contributed by atoms with Gasteiger partial charge in [-0.05, 0) is 43.2 Å². The van der Waals surface area contributed by atoms with Crippen LogP contribution in [-0.4, -0.2) is 48.1 Å². The number of benzene rings is 1. The van der Waals surface area contributed by atoms with Crippen LogP contribution in [0.5, 0.6) is 0 Å². The SMILES string of the molecule is CS(=O)(=O)Cc1nc2ccccc2n1CC(=O)N1CCCC2(CC2)C1. The molecule has 1 aromatic carbocycles. The second kappa shape index (κ2) is 5.83. The normalized spacial score (nSPS) is 19.5. The van der Waals surface area contributed by atoms with Crippen LogP contribution in [0.2, 0.25) is 0 Å². The first kappa shape index (κ1) is 16.6. The Labute approximate surface area is 147 Å². The summed E-state index contributed by atoms with van der Waals surface area (Å²) in [6.07, 6.45) is 5.94. The van der Waals surface area contributed by atoms with Crippen LogP contribution >= 0.6 is 0 Å². The summed E-state index contributed by atoms with van der Waals surface area (Å²) in [4.78, 5) is 19.3. The lowest BCUT2D eigenvalue weighted by molar-refractivity contribution is -0.134. The van der Waals surface area contributed by atoms with E-state index in [4.69, 9.17) is 0 Å². The zero-order chi connectivity index (χ0) is 17.7. The van der Waals surface area contributed by atoms with E-state index in [1.54, 1.807) is 4.57 Å². The first-order chi connectivity index (χ1) is 11.9. The standard InChI is InChI=1S/C18H23N3O3S/c1-25(23,24)12-16-19-14-5-2-3-6-15(14)21(16)11-17(22)20-10-4-7-18(13-20)8-9-18/h2-3,5-6H,4,7-13H2,1H3. The molecular formula is C18H23N3O3S. The minimum absolute atomic E-state index is 0.0591. The molecule has 4 rings (SSSR count). The van der Waals surface area contributed by atoms with Crippen molar-refractivity contribution in [3.05, 3.63) is 30.1 Å². The number of piperidine rings is 1. The summed E-state index contributed by atoms with van der Waals surface area (Å²) >= 11 is 0. The lowest BCUT2D eigenvalue weighted by atomic mass is 9.95. The van der Waals surface area contributed by atoms with Crippen molar-refractivity contribution in [3.63, 3.8) is 0 Å². The number of aromatic nitrogens is 2. The number of sulfone groups is 1. The molecule has 2 heterocycles. The maximum atomic E-state index is 12.9. The highest BCUT2D eigenvalue weighted by Crippen LogP contribution is 2.52. The Bertz CT molecular complexity index is 928. The molecule has 1 saturated carbocycles. The summed E-state index contributed by atoms with van der Waals surface area (Å²) in [6, 6.07) is 7.49. The van der Waals surface area contributed by atoms with Crippen molar-refractivity contribution in [2.45, 2.75) is 38.0 Å². The summed E-state index contributed by atoms with van der Waals surface area (Å²) < 4.78 is 25.3. The Morgan fingerprint density at radius 3 is 2.72 bits per heavy atom. The number of hydrogen-bond donors (Lipinski definition) is 0. The van der Waals surface area contributed by atoms with Gasteiger partial charge in [-0.25, -0.2) is 13.4 Å². The molecule has 1 amide bonds. The zero-order valence-corrected chi connectivity index (χ0v) is 15.3. The van der Waals surface area contributed by atoms with Crippen molar-refractivity contribution >= 4 is 26.8 Å². The highest BCUT2D eigenvalue weighted by Gasteiger charge is 2.46. The van der Waals surface area contributed by atoms with E-state index >= 15 is 0 Å². The van der Waals surface area contributed by atoms with E-state index in [-0.39, 0.29) is 18.2 Å². The lowest BCUT2D eigenvalue weighted by Gasteiger charge is -2.33. The minimum Gasteiger partial charge on any atom is -0.341 e. The molecule has 1 aliphatic carbocycles. The van der Waals surface area contributed by atoms with Crippen LogP contribution in [0.1, 0.15) is 31.5 Å². The predicted molar refractivity (Wildman–Crippen MR) is 95.8 cm³/mol. The number of carbonyl (C=O) groups excluding carboxylic acids is 1. The molecule has 2 aliphatic rings. The van der Waals surface area contributed by atoms with Crippen molar-refractivity contribution < 1.29 is 13.2 Å². The van der Waals surface area contributed by atoms with Crippen LogP contribution < -0.4 is 0 Å². The number of amides is 1. The summed E-state index contributed by atoms with van der Waals surface area (Å²) in [5.41, 5.74) is 1.92. The molecule has 2 fully saturated rings. The molecule has 0 radical (unpaired) electrons. The van der Waals surface area contributed by atoms with Crippen LogP contribution in [-0.2, 0) is 26.9 Å². The van der Waals surface area contributed by atoms with Gasteiger partial charge in [-0.1, -0.05) is 12.1 Å². The van der Waals surface area contributed by atoms with Gasteiger partial charge in [-0.3, -0.25) is 4.79 Å². The van der Waals surface area contributed by atoms with E-state index in [9.17, 15) is 13.2 Å². The molecule has 25 heavy (non-hydrogen) atoms. The molecule has 0 unspecified atom stereocenters. The lowest BCUT2D eigenvalue weighted by Crippen LogP contribution is -2.42. The number of likely N-dealkylation sites (tertiary alicyclic amines) is 1. The summed E-state index contributed by atoms with van der Waals surface area (Å²) in [6.45, 7) is 1.80. The van der Waals surface area contributed by atoms with Gasteiger partial charge >= 0.3 is 0 Å². The predicted octanol–water partition coefficient (Wildman–Crippen LogP) is 1.98. The van der Waals surface area contributed by atoms with E-state index in [1.807, 2.05) is 29.2 Å². The monoisotopic (exact) mass is 361 g/mol. The van der Waals surface area contributed by atoms with E-state index in [0.717, 1.165) is 30.5 Å². The van der Waals surface area contributed by atoms with Crippen molar-refractivity contribution in [1.82, 2.24) is 14.5 Å². The molecule has 1 spiro atoms. The molecule has 1 saturated heterocycles. The van der Waals surface area contributed by atoms with E-state index in [1.165, 1.54) is 25.5 Å². The molecule has 1 aromatic heterocycles. The quantitative estimate of drug-likeness (QED) is 0.835. The number of imidazole rings is 1. The van der Waals surface area contributed by atoms with Crippen LogP contribution in [0.25, 0.3) is 11.0 Å². The van der Waals surface area contributed by atoms with E-state index < -0.39 is 9.84 Å². The molecule has 7 heteroatoms. The van der Waals surface area contributed by atoms with Crippen molar-refractivity contribution in [3.8, 4) is 0 Å². The van der Waals surface area contributed by atoms with Crippen LogP contribution in [0.3, 0.4) is 0 Å². The Kier molecular flexibility index (Phi) is 3.86. The average Bonchev–Trinajstić information content (AvgIpc) is 3.21. The summed E-state index contributed by atoms with van der Waals surface area (Å²) in [7, 11) is -3.22. The Morgan fingerprint density at radius 1 is 1.24 bits per heavy atom. The number of carbonyl (C=O) groups is 1. The van der Waals surface area contributed by atoms with Gasteiger partial charge in [0.05, 0.1) is 11.0 Å².